The standard InChI is InChI=1S/C32H37N5O3/c1-35(2)26-13-8-23(9-14-26)12-17-30-34-21-31(33-20-24-10-15-27(16-11-24)36(3)4)37(30)22-25-18-28(38-5)32(40-7)29(19-25)39-6/h8-21H,22H2,1-7H3/p+1. The van der Waals surface area contributed by atoms with E-state index >= 15 is 0 Å². The molecule has 8 heteroatoms. The second-order valence-electron chi connectivity index (χ2n) is 9.72. The van der Waals surface area contributed by atoms with Crippen molar-refractivity contribution in [3.63, 3.8) is 0 Å². The van der Waals surface area contributed by atoms with Crippen LogP contribution in [0, 0.1) is 0 Å². The molecule has 40 heavy (non-hydrogen) atoms. The van der Waals surface area contributed by atoms with Crippen LogP contribution < -0.4 is 28.6 Å². The van der Waals surface area contributed by atoms with E-state index in [0.717, 1.165) is 39.7 Å². The van der Waals surface area contributed by atoms with E-state index in [1.54, 1.807) is 21.3 Å². The Hall–Kier alpha value is -4.72. The van der Waals surface area contributed by atoms with E-state index < -0.39 is 0 Å². The molecule has 0 spiro atoms. The van der Waals surface area contributed by atoms with Gasteiger partial charge in [-0.15, -0.1) is 4.99 Å². The molecule has 0 atom stereocenters. The molecule has 0 saturated heterocycles. The maximum Gasteiger partial charge on any atom is 0.294 e. The van der Waals surface area contributed by atoms with Crippen LogP contribution in [0.1, 0.15) is 22.5 Å². The largest absolute Gasteiger partial charge is 0.493 e. The van der Waals surface area contributed by atoms with Crippen LogP contribution in [0.4, 0.5) is 17.2 Å². The number of aromatic nitrogens is 2. The van der Waals surface area contributed by atoms with E-state index in [9.17, 15) is 0 Å². The minimum atomic E-state index is 0.533. The third-order valence-corrected chi connectivity index (χ3v) is 6.58. The predicted octanol–water partition coefficient (Wildman–Crippen LogP) is 5.43. The second kappa shape index (κ2) is 12.9. The zero-order valence-electron chi connectivity index (χ0n) is 24.3. The number of ether oxygens (including phenoxy) is 3. The minimum Gasteiger partial charge on any atom is -0.493 e. The number of aliphatic imine (C=N–C) groups is 1. The lowest BCUT2D eigenvalue weighted by Crippen LogP contribution is -2.36. The fourth-order valence-corrected chi connectivity index (χ4v) is 4.30. The average molecular weight is 541 g/mol. The van der Waals surface area contributed by atoms with Crippen LogP contribution in [-0.2, 0) is 6.54 Å². The third kappa shape index (κ3) is 6.64. The number of benzene rings is 3. The fraction of sp³-hybridized carbons (Fsp3) is 0.250. The molecule has 0 amide bonds. The Morgan fingerprint density at radius 3 is 1.80 bits per heavy atom. The zero-order chi connectivity index (χ0) is 28.6. The smallest absolute Gasteiger partial charge is 0.294 e. The van der Waals surface area contributed by atoms with Crippen molar-refractivity contribution in [1.29, 1.82) is 0 Å². The Kier molecular flexibility index (Phi) is 9.11. The molecular formula is C32H38N5O3+. The summed E-state index contributed by atoms with van der Waals surface area (Å²) in [5.74, 6) is 3.47. The molecule has 0 aliphatic heterocycles. The molecule has 0 aliphatic carbocycles. The molecule has 1 heterocycles. The normalized spacial score (nSPS) is 11.3. The van der Waals surface area contributed by atoms with Crippen molar-refractivity contribution in [3.8, 4) is 17.2 Å². The molecule has 0 fully saturated rings. The number of imidazole rings is 1. The third-order valence-electron chi connectivity index (χ3n) is 6.58. The summed E-state index contributed by atoms with van der Waals surface area (Å²) in [6.07, 6.45) is 7.94. The first kappa shape index (κ1) is 28.3. The van der Waals surface area contributed by atoms with E-state index in [0.29, 0.717) is 23.8 Å². The van der Waals surface area contributed by atoms with Gasteiger partial charge in [-0.2, -0.15) is 0 Å². The SMILES string of the molecule is COc1cc(C[n+]2c(N=Cc3ccc(N(C)C)cc3)c[nH]c2C=Cc2ccc(N(C)C)cc2)cc(OC)c1OC. The van der Waals surface area contributed by atoms with Crippen LogP contribution in [-0.4, -0.2) is 60.7 Å². The van der Waals surface area contributed by atoms with Crippen molar-refractivity contribution in [2.45, 2.75) is 6.54 Å². The molecule has 0 saturated carbocycles. The summed E-state index contributed by atoms with van der Waals surface area (Å²) >= 11 is 0. The first-order valence-electron chi connectivity index (χ1n) is 13.0. The summed E-state index contributed by atoms with van der Waals surface area (Å²) in [6, 6.07) is 20.6. The lowest BCUT2D eigenvalue weighted by Gasteiger charge is -2.14. The number of nitrogens with zero attached hydrogens (tertiary/aromatic N) is 4. The highest BCUT2D eigenvalue weighted by Gasteiger charge is 2.19. The summed E-state index contributed by atoms with van der Waals surface area (Å²) < 4.78 is 18.8. The van der Waals surface area contributed by atoms with Crippen molar-refractivity contribution >= 4 is 35.6 Å². The predicted molar refractivity (Wildman–Crippen MR) is 164 cm³/mol. The zero-order valence-corrected chi connectivity index (χ0v) is 24.3. The Labute approximate surface area is 236 Å². The molecule has 0 bridgehead atoms. The molecule has 0 unspecified atom stereocenters. The Morgan fingerprint density at radius 2 is 1.30 bits per heavy atom. The molecular weight excluding hydrogens is 502 g/mol. The van der Waals surface area contributed by atoms with Crippen molar-refractivity contribution in [2.75, 3.05) is 59.3 Å². The van der Waals surface area contributed by atoms with E-state index in [1.807, 2.05) is 52.7 Å². The van der Waals surface area contributed by atoms with Crippen molar-refractivity contribution < 1.29 is 18.8 Å². The number of hydrogen-bond acceptors (Lipinski definition) is 6. The highest BCUT2D eigenvalue weighted by Crippen LogP contribution is 2.38. The minimum absolute atomic E-state index is 0.533. The van der Waals surface area contributed by atoms with Crippen molar-refractivity contribution in [3.05, 3.63) is 89.4 Å². The Morgan fingerprint density at radius 1 is 0.750 bits per heavy atom. The maximum absolute atomic E-state index is 5.59. The van der Waals surface area contributed by atoms with E-state index in [1.165, 1.54) is 0 Å². The summed E-state index contributed by atoms with van der Waals surface area (Å²) in [7, 11) is 13.0. The quantitative estimate of drug-likeness (QED) is 0.203. The fourth-order valence-electron chi connectivity index (χ4n) is 4.30. The lowest BCUT2D eigenvalue weighted by molar-refractivity contribution is -0.676. The second-order valence-corrected chi connectivity index (χ2v) is 9.72. The number of methoxy groups -OCH3 is 3. The highest BCUT2D eigenvalue weighted by molar-refractivity contribution is 5.82. The van der Waals surface area contributed by atoms with Gasteiger partial charge in [0.05, 0.1) is 27.9 Å². The highest BCUT2D eigenvalue weighted by atomic mass is 16.5. The first-order chi connectivity index (χ1) is 19.3. The molecule has 4 rings (SSSR count). The maximum atomic E-state index is 5.59. The van der Waals surface area contributed by atoms with E-state index in [4.69, 9.17) is 19.2 Å². The number of aromatic amines is 1. The van der Waals surface area contributed by atoms with Gasteiger partial charge >= 0.3 is 0 Å². The van der Waals surface area contributed by atoms with Crippen LogP contribution in [0.25, 0.3) is 12.2 Å². The Balaban J connectivity index is 1.70. The number of rotatable bonds is 11. The summed E-state index contributed by atoms with van der Waals surface area (Å²) in [5, 5.41) is 0. The van der Waals surface area contributed by atoms with Gasteiger partial charge in [-0.25, -0.2) is 4.57 Å². The van der Waals surface area contributed by atoms with Crippen LogP contribution in [0.5, 0.6) is 17.2 Å². The molecule has 1 aromatic heterocycles. The molecule has 208 valence electrons. The van der Waals surface area contributed by atoms with Gasteiger partial charge in [0.15, 0.2) is 11.5 Å². The molecule has 8 nitrogen and oxygen atoms in total. The molecule has 4 aromatic rings. The van der Waals surface area contributed by atoms with Crippen LogP contribution >= 0.6 is 0 Å². The van der Waals surface area contributed by atoms with Gasteiger partial charge in [-0.05, 0) is 65.7 Å². The monoisotopic (exact) mass is 540 g/mol. The average Bonchev–Trinajstić information content (AvgIpc) is 3.35. The van der Waals surface area contributed by atoms with Gasteiger partial charge in [0, 0.05) is 51.2 Å². The number of anilines is 2. The van der Waals surface area contributed by atoms with Crippen LogP contribution in [0.3, 0.4) is 0 Å². The van der Waals surface area contributed by atoms with Gasteiger partial charge in [0.25, 0.3) is 5.82 Å². The summed E-state index contributed by atoms with van der Waals surface area (Å²) in [4.78, 5) is 12.4. The lowest BCUT2D eigenvalue weighted by atomic mass is 10.1. The Bertz CT molecular complexity index is 1370. The van der Waals surface area contributed by atoms with Crippen molar-refractivity contribution in [1.82, 2.24) is 4.98 Å². The summed E-state index contributed by atoms with van der Waals surface area (Å²) in [5.41, 5.74) is 5.40. The molecule has 3 aromatic carbocycles. The van der Waals surface area contributed by atoms with Crippen LogP contribution in [0.2, 0.25) is 0 Å². The number of hydrogen-bond donors (Lipinski definition) is 1. The first-order valence-corrected chi connectivity index (χ1v) is 13.0. The molecule has 1 N–H and O–H groups in total. The van der Waals surface area contributed by atoms with Gasteiger partial charge < -0.3 is 24.0 Å². The number of H-pyrrole nitrogens is 1. The topological polar surface area (TPSA) is 66.2 Å². The van der Waals surface area contributed by atoms with Gasteiger partial charge in [0.2, 0.25) is 11.6 Å². The van der Waals surface area contributed by atoms with E-state index in [-0.39, 0.29) is 0 Å². The number of nitrogens with one attached hydrogen (secondary N) is 1. The van der Waals surface area contributed by atoms with Crippen molar-refractivity contribution in [2.24, 2.45) is 4.99 Å². The van der Waals surface area contributed by atoms with Gasteiger partial charge in [0.1, 0.15) is 12.4 Å². The molecule has 0 radical (unpaired) electrons. The van der Waals surface area contributed by atoms with E-state index in [2.05, 4.69) is 80.0 Å². The van der Waals surface area contributed by atoms with Gasteiger partial charge in [-0.3, -0.25) is 4.98 Å². The molecule has 0 aliphatic rings. The summed E-state index contributed by atoms with van der Waals surface area (Å²) in [6.45, 7) is 0.533. The van der Waals surface area contributed by atoms with Gasteiger partial charge in [-0.1, -0.05) is 12.1 Å². The van der Waals surface area contributed by atoms with Crippen LogP contribution in [0.15, 0.2) is 71.9 Å².